The second-order valence-electron chi connectivity index (χ2n) is 5.14. The first-order valence-corrected chi connectivity index (χ1v) is 9.47. The van der Waals surface area contributed by atoms with Crippen molar-refractivity contribution in [3.63, 3.8) is 0 Å². The molecule has 0 nitrogen and oxygen atoms in total. The van der Waals surface area contributed by atoms with Crippen LogP contribution in [-0.2, 0) is 0 Å². The van der Waals surface area contributed by atoms with Crippen molar-refractivity contribution in [1.82, 2.24) is 0 Å². The minimum atomic E-state index is 1.02. The molecule has 3 aromatic rings. The van der Waals surface area contributed by atoms with Gasteiger partial charge in [-0.25, -0.2) is 0 Å². The molecule has 0 bridgehead atoms. The van der Waals surface area contributed by atoms with Gasteiger partial charge in [0.1, 0.15) is 0 Å². The van der Waals surface area contributed by atoms with Gasteiger partial charge < -0.3 is 0 Å². The quantitative estimate of drug-likeness (QED) is 0.441. The Morgan fingerprint density at radius 1 is 1.10 bits per heavy atom. The van der Waals surface area contributed by atoms with Gasteiger partial charge in [-0.1, -0.05) is 48.6 Å². The van der Waals surface area contributed by atoms with Crippen molar-refractivity contribution < 1.29 is 0 Å². The molecular weight excluding hydrogens is 312 g/mol. The number of allylic oxidation sites excluding steroid dienone is 4. The van der Waals surface area contributed by atoms with Crippen LogP contribution in [0.2, 0.25) is 0 Å². The fourth-order valence-corrected chi connectivity index (χ4v) is 6.64. The molecule has 3 heterocycles. The molecule has 1 aliphatic rings. The molecular formula is C18H14S3. The number of hydrogen-bond acceptors (Lipinski definition) is 3. The Morgan fingerprint density at radius 3 is 2.86 bits per heavy atom. The van der Waals surface area contributed by atoms with E-state index in [2.05, 4.69) is 56.0 Å². The minimum absolute atomic E-state index is 1.02. The molecule has 0 aliphatic carbocycles. The summed E-state index contributed by atoms with van der Waals surface area (Å²) in [5.41, 5.74) is 2.41. The molecule has 104 valence electrons. The summed E-state index contributed by atoms with van der Waals surface area (Å²) in [4.78, 5) is 2.76. The summed E-state index contributed by atoms with van der Waals surface area (Å²) in [5, 5.41) is 1.39. The molecule has 0 spiro atoms. The molecule has 0 atom stereocenters. The van der Waals surface area contributed by atoms with E-state index in [1.807, 2.05) is 34.4 Å². The summed E-state index contributed by atoms with van der Waals surface area (Å²) in [6, 6.07) is 8.71. The lowest BCUT2D eigenvalue weighted by Crippen LogP contribution is -1.77. The summed E-state index contributed by atoms with van der Waals surface area (Å²) in [6.45, 7) is 6.44. The van der Waals surface area contributed by atoms with Crippen molar-refractivity contribution in [3.8, 4) is 0 Å². The molecule has 2 aromatic heterocycles. The van der Waals surface area contributed by atoms with Crippen LogP contribution in [0, 0.1) is 0 Å². The minimum Gasteiger partial charge on any atom is -0.133 e. The van der Waals surface area contributed by atoms with Gasteiger partial charge in [-0.05, 0) is 18.6 Å². The van der Waals surface area contributed by atoms with Crippen molar-refractivity contribution in [3.05, 3.63) is 59.5 Å². The van der Waals surface area contributed by atoms with Crippen LogP contribution in [0.25, 0.3) is 25.1 Å². The lowest BCUT2D eigenvalue weighted by atomic mass is 10.1. The number of thioether (sulfide) groups is 1. The molecule has 1 aliphatic heterocycles. The van der Waals surface area contributed by atoms with E-state index < -0.39 is 0 Å². The highest BCUT2D eigenvalue weighted by Gasteiger charge is 2.18. The van der Waals surface area contributed by atoms with E-state index in [4.69, 9.17) is 0 Å². The normalized spacial score (nSPS) is 19.7. The zero-order valence-electron chi connectivity index (χ0n) is 11.7. The Labute approximate surface area is 136 Å². The van der Waals surface area contributed by atoms with Gasteiger partial charge in [0.2, 0.25) is 0 Å². The third-order valence-corrected chi connectivity index (χ3v) is 7.50. The molecule has 0 N–H and O–H groups in total. The molecule has 0 fully saturated rings. The molecule has 0 unspecified atom stereocenters. The SMILES string of the molecule is C=C1/C=C(C)\C=C/CSc2c1sc1c2sc2ccccc21. The molecule has 3 heteroatoms. The van der Waals surface area contributed by atoms with Crippen molar-refractivity contribution >= 4 is 59.5 Å². The number of thiophene rings is 2. The van der Waals surface area contributed by atoms with Crippen molar-refractivity contribution in [2.75, 3.05) is 5.75 Å². The first-order valence-electron chi connectivity index (χ1n) is 6.85. The van der Waals surface area contributed by atoms with Gasteiger partial charge in [0.25, 0.3) is 0 Å². The third-order valence-electron chi connectivity index (χ3n) is 3.56. The highest BCUT2D eigenvalue weighted by atomic mass is 32.2. The molecule has 4 rings (SSSR count). The largest absolute Gasteiger partial charge is 0.133 e. The molecule has 0 radical (unpaired) electrons. The van der Waals surface area contributed by atoms with Crippen LogP contribution in [0.5, 0.6) is 0 Å². The van der Waals surface area contributed by atoms with Crippen LogP contribution >= 0.6 is 34.4 Å². The first kappa shape index (κ1) is 13.4. The topological polar surface area (TPSA) is 0 Å². The Hall–Kier alpha value is -1.29. The van der Waals surface area contributed by atoms with E-state index in [-0.39, 0.29) is 0 Å². The van der Waals surface area contributed by atoms with E-state index in [1.54, 1.807) is 0 Å². The van der Waals surface area contributed by atoms with E-state index in [0.29, 0.717) is 0 Å². The summed E-state index contributed by atoms with van der Waals surface area (Å²) in [6.07, 6.45) is 6.63. The summed E-state index contributed by atoms with van der Waals surface area (Å²) >= 11 is 5.74. The fourth-order valence-electron chi connectivity index (χ4n) is 2.62. The molecule has 21 heavy (non-hydrogen) atoms. The average molecular weight is 327 g/mol. The van der Waals surface area contributed by atoms with Crippen molar-refractivity contribution in [2.45, 2.75) is 11.8 Å². The maximum absolute atomic E-state index is 4.30. The van der Waals surface area contributed by atoms with Crippen molar-refractivity contribution in [2.24, 2.45) is 0 Å². The number of rotatable bonds is 0. The Bertz CT molecular complexity index is 919. The van der Waals surface area contributed by atoms with Gasteiger partial charge in [-0.3, -0.25) is 0 Å². The lowest BCUT2D eigenvalue weighted by Gasteiger charge is -2.01. The number of hydrogen-bond donors (Lipinski definition) is 0. The van der Waals surface area contributed by atoms with Gasteiger partial charge >= 0.3 is 0 Å². The predicted molar refractivity (Wildman–Crippen MR) is 99.9 cm³/mol. The monoisotopic (exact) mass is 326 g/mol. The zero-order valence-corrected chi connectivity index (χ0v) is 14.1. The number of benzene rings is 1. The third kappa shape index (κ3) is 2.20. The maximum Gasteiger partial charge on any atom is 0.0606 e. The van der Waals surface area contributed by atoms with E-state index in [0.717, 1.165) is 11.3 Å². The maximum atomic E-state index is 4.30. The van der Waals surface area contributed by atoms with Gasteiger partial charge in [-0.2, -0.15) is 0 Å². The Morgan fingerprint density at radius 2 is 1.95 bits per heavy atom. The van der Waals surface area contributed by atoms with Crippen LogP contribution in [0.4, 0.5) is 0 Å². The van der Waals surface area contributed by atoms with Crippen LogP contribution in [0.1, 0.15) is 11.8 Å². The molecule has 0 saturated carbocycles. The smallest absolute Gasteiger partial charge is 0.0606 e. The molecule has 0 saturated heterocycles. The van der Waals surface area contributed by atoms with Crippen molar-refractivity contribution in [1.29, 1.82) is 0 Å². The van der Waals surface area contributed by atoms with Crippen LogP contribution < -0.4 is 0 Å². The van der Waals surface area contributed by atoms with Gasteiger partial charge in [0, 0.05) is 25.6 Å². The highest BCUT2D eigenvalue weighted by Crippen LogP contribution is 2.49. The van der Waals surface area contributed by atoms with E-state index >= 15 is 0 Å². The zero-order chi connectivity index (χ0) is 14.4. The summed E-state index contributed by atoms with van der Waals surface area (Å²) in [5.74, 6) is 1.02. The Balaban J connectivity index is 2.02. The second kappa shape index (κ2) is 5.16. The highest BCUT2D eigenvalue weighted by molar-refractivity contribution is 8.00. The van der Waals surface area contributed by atoms with Crippen LogP contribution in [0.15, 0.2) is 59.5 Å². The van der Waals surface area contributed by atoms with Gasteiger partial charge in [-0.15, -0.1) is 34.4 Å². The van der Waals surface area contributed by atoms with Crippen LogP contribution in [0.3, 0.4) is 0 Å². The van der Waals surface area contributed by atoms with Crippen LogP contribution in [-0.4, -0.2) is 5.75 Å². The Kier molecular flexibility index (Phi) is 3.29. The lowest BCUT2D eigenvalue weighted by molar-refractivity contribution is 1.51. The van der Waals surface area contributed by atoms with Gasteiger partial charge in [0.05, 0.1) is 9.40 Å². The standard InChI is InChI=1S/C18H14S3/c1-11-6-5-9-19-17-15(12(2)10-11)21-16-13-7-3-4-8-14(13)20-18(16)17/h3-8,10H,2,9H2,1H3/b6-5-,11-10-. The number of fused-ring (bicyclic) bond motifs is 5. The molecule has 0 amide bonds. The first-order chi connectivity index (χ1) is 10.2. The average Bonchev–Trinajstić information content (AvgIpc) is 3.00. The molecule has 1 aromatic carbocycles. The predicted octanol–water partition coefficient (Wildman–Crippen LogP) is 6.74. The second-order valence-corrected chi connectivity index (χ2v) is 8.25. The van der Waals surface area contributed by atoms with E-state index in [9.17, 15) is 0 Å². The van der Waals surface area contributed by atoms with Gasteiger partial charge in [0.15, 0.2) is 0 Å². The summed E-state index contributed by atoms with van der Waals surface area (Å²) in [7, 11) is 0. The fraction of sp³-hybridized carbons (Fsp3) is 0.111. The summed E-state index contributed by atoms with van der Waals surface area (Å²) < 4.78 is 4.24. The van der Waals surface area contributed by atoms with E-state index in [1.165, 1.54) is 34.8 Å².